The van der Waals surface area contributed by atoms with Crippen LogP contribution < -0.4 is 5.73 Å². The van der Waals surface area contributed by atoms with Gasteiger partial charge < -0.3 is 10.0 Å². The number of amides is 1. The van der Waals surface area contributed by atoms with Crippen molar-refractivity contribution in [3.8, 4) is 0 Å². The monoisotopic (exact) mass is 144 g/mol. The van der Waals surface area contributed by atoms with Crippen LogP contribution in [0.1, 0.15) is 13.3 Å². The number of aliphatic hydroxyl groups is 1. The van der Waals surface area contributed by atoms with Crippen LogP contribution >= 0.6 is 0 Å². The molecule has 1 amide bonds. The summed E-state index contributed by atoms with van der Waals surface area (Å²) in [5, 5.41) is 9.29. The first-order valence-electron chi connectivity index (χ1n) is 3.24. The molecule has 0 saturated carbocycles. The van der Waals surface area contributed by atoms with E-state index in [4.69, 9.17) is 5.73 Å². The smallest absolute Gasteiger partial charge is 0.228 e. The maximum atomic E-state index is 11.0. The molecule has 1 fully saturated rings. The number of hydrogen-bond donors (Lipinski definition) is 2. The van der Waals surface area contributed by atoms with Gasteiger partial charge >= 0.3 is 0 Å². The van der Waals surface area contributed by atoms with Gasteiger partial charge in [-0.1, -0.05) is 6.92 Å². The maximum absolute atomic E-state index is 11.0. The van der Waals surface area contributed by atoms with E-state index in [0.717, 1.165) is 0 Å². The van der Waals surface area contributed by atoms with E-state index < -0.39 is 5.85 Å². The largest absolute Gasteiger partial charge is 0.358 e. The van der Waals surface area contributed by atoms with Crippen LogP contribution in [0.3, 0.4) is 0 Å². The zero-order chi connectivity index (χ0) is 7.94. The summed E-state index contributed by atoms with van der Waals surface area (Å²) < 4.78 is 0. The number of carbonyl (C=O) groups is 1. The van der Waals surface area contributed by atoms with E-state index >= 15 is 0 Å². The van der Waals surface area contributed by atoms with Crippen LogP contribution in [0.4, 0.5) is 0 Å². The fraction of sp³-hybridized carbons (Fsp3) is 0.833. The van der Waals surface area contributed by atoms with Crippen LogP contribution in [-0.4, -0.2) is 28.8 Å². The Balaban J connectivity index is 2.81. The van der Waals surface area contributed by atoms with Crippen LogP contribution in [-0.2, 0) is 4.79 Å². The van der Waals surface area contributed by atoms with Gasteiger partial charge in [0.05, 0.1) is 0 Å². The van der Waals surface area contributed by atoms with Gasteiger partial charge in [-0.3, -0.25) is 10.5 Å². The molecule has 0 aromatic heterocycles. The normalized spacial score (nSPS) is 41.0. The molecule has 10 heavy (non-hydrogen) atoms. The van der Waals surface area contributed by atoms with E-state index in [2.05, 4.69) is 0 Å². The van der Waals surface area contributed by atoms with Crippen LogP contribution in [0.5, 0.6) is 0 Å². The third kappa shape index (κ3) is 0.892. The molecule has 0 aromatic carbocycles. The molecule has 3 N–H and O–H groups in total. The molecule has 1 saturated heterocycles. The van der Waals surface area contributed by atoms with E-state index in [1.165, 1.54) is 11.9 Å². The molecule has 0 spiro atoms. The third-order valence-electron chi connectivity index (χ3n) is 1.94. The molecule has 1 aliphatic rings. The molecule has 58 valence electrons. The van der Waals surface area contributed by atoms with Gasteiger partial charge in [0.1, 0.15) is 0 Å². The average molecular weight is 144 g/mol. The molecule has 2 unspecified atom stereocenters. The summed E-state index contributed by atoms with van der Waals surface area (Å²) in [6.07, 6.45) is 0.322. The summed E-state index contributed by atoms with van der Waals surface area (Å²) in [5.41, 5.74) is 5.36. The summed E-state index contributed by atoms with van der Waals surface area (Å²) in [4.78, 5) is 12.2. The number of rotatable bonds is 0. The van der Waals surface area contributed by atoms with Gasteiger partial charge in [-0.15, -0.1) is 0 Å². The fourth-order valence-corrected chi connectivity index (χ4v) is 1.20. The van der Waals surface area contributed by atoms with Gasteiger partial charge in [0, 0.05) is 19.4 Å². The van der Waals surface area contributed by atoms with Gasteiger partial charge in [0.25, 0.3) is 0 Å². The molecular formula is C6H12N2O2. The van der Waals surface area contributed by atoms with Crippen LogP contribution in [0.25, 0.3) is 0 Å². The molecule has 1 heterocycles. The second-order valence-corrected chi connectivity index (χ2v) is 2.88. The number of likely N-dealkylation sites (tertiary alicyclic amines) is 1. The van der Waals surface area contributed by atoms with Crippen LogP contribution in [0.15, 0.2) is 0 Å². The van der Waals surface area contributed by atoms with Crippen molar-refractivity contribution in [2.45, 2.75) is 19.2 Å². The van der Waals surface area contributed by atoms with Crippen molar-refractivity contribution in [1.82, 2.24) is 4.90 Å². The number of nitrogens with zero attached hydrogens (tertiary/aromatic N) is 1. The molecule has 1 rings (SSSR count). The highest BCUT2D eigenvalue weighted by Crippen LogP contribution is 2.25. The zero-order valence-electron chi connectivity index (χ0n) is 6.16. The molecule has 0 aromatic rings. The Morgan fingerprint density at radius 2 is 2.40 bits per heavy atom. The van der Waals surface area contributed by atoms with Crippen LogP contribution in [0, 0.1) is 5.92 Å². The molecule has 0 bridgehead atoms. The number of carbonyl (C=O) groups excluding carboxylic acids is 1. The second kappa shape index (κ2) is 1.93. The third-order valence-corrected chi connectivity index (χ3v) is 1.94. The SMILES string of the molecule is CC1CC(N)(O)N(C)C1=O. The van der Waals surface area contributed by atoms with Gasteiger partial charge in [-0.25, -0.2) is 0 Å². The molecule has 1 aliphatic heterocycles. The number of nitrogens with two attached hydrogens (primary N) is 1. The lowest BCUT2D eigenvalue weighted by Crippen LogP contribution is -2.50. The first-order valence-corrected chi connectivity index (χ1v) is 3.24. The van der Waals surface area contributed by atoms with Crippen molar-refractivity contribution >= 4 is 5.91 Å². The quantitative estimate of drug-likeness (QED) is 0.432. The van der Waals surface area contributed by atoms with Gasteiger partial charge in [0.15, 0.2) is 5.85 Å². The Morgan fingerprint density at radius 1 is 1.90 bits per heavy atom. The minimum absolute atomic E-state index is 0.0926. The second-order valence-electron chi connectivity index (χ2n) is 2.88. The predicted octanol–water partition coefficient (Wildman–Crippen LogP) is -0.911. The Morgan fingerprint density at radius 3 is 2.50 bits per heavy atom. The molecule has 4 nitrogen and oxygen atoms in total. The summed E-state index contributed by atoms with van der Waals surface area (Å²) in [6.45, 7) is 1.75. The Labute approximate surface area is 59.6 Å². The van der Waals surface area contributed by atoms with E-state index in [1.54, 1.807) is 6.92 Å². The van der Waals surface area contributed by atoms with Crippen molar-refractivity contribution in [2.75, 3.05) is 7.05 Å². The Hall–Kier alpha value is -0.610. The van der Waals surface area contributed by atoms with E-state index in [9.17, 15) is 9.90 Å². The van der Waals surface area contributed by atoms with E-state index in [1.807, 2.05) is 0 Å². The van der Waals surface area contributed by atoms with Crippen molar-refractivity contribution < 1.29 is 9.90 Å². The molecule has 0 radical (unpaired) electrons. The minimum Gasteiger partial charge on any atom is -0.358 e. The van der Waals surface area contributed by atoms with Gasteiger partial charge in [-0.2, -0.15) is 0 Å². The van der Waals surface area contributed by atoms with E-state index in [-0.39, 0.29) is 11.8 Å². The highest BCUT2D eigenvalue weighted by molar-refractivity contribution is 5.81. The summed E-state index contributed by atoms with van der Waals surface area (Å²) in [6, 6.07) is 0. The fourth-order valence-electron chi connectivity index (χ4n) is 1.20. The molecular weight excluding hydrogens is 132 g/mol. The molecule has 2 atom stereocenters. The first kappa shape index (κ1) is 7.50. The average Bonchev–Trinajstić information content (AvgIpc) is 1.95. The highest BCUT2D eigenvalue weighted by Gasteiger charge is 2.42. The minimum atomic E-state index is -1.42. The summed E-state index contributed by atoms with van der Waals surface area (Å²) >= 11 is 0. The highest BCUT2D eigenvalue weighted by atomic mass is 16.3. The predicted molar refractivity (Wildman–Crippen MR) is 35.7 cm³/mol. The van der Waals surface area contributed by atoms with Gasteiger partial charge in [0.2, 0.25) is 5.91 Å². The van der Waals surface area contributed by atoms with Gasteiger partial charge in [-0.05, 0) is 0 Å². The van der Waals surface area contributed by atoms with Crippen molar-refractivity contribution in [3.05, 3.63) is 0 Å². The maximum Gasteiger partial charge on any atom is 0.228 e. The topological polar surface area (TPSA) is 66.6 Å². The lowest BCUT2D eigenvalue weighted by molar-refractivity contribution is -0.141. The van der Waals surface area contributed by atoms with E-state index in [0.29, 0.717) is 6.42 Å². The Bertz CT molecular complexity index is 167. The molecule has 0 aliphatic carbocycles. The van der Waals surface area contributed by atoms with Crippen molar-refractivity contribution in [2.24, 2.45) is 11.7 Å². The lowest BCUT2D eigenvalue weighted by Gasteiger charge is -2.24. The lowest BCUT2D eigenvalue weighted by atomic mass is 10.1. The first-order chi connectivity index (χ1) is 4.45. The van der Waals surface area contributed by atoms with Crippen LogP contribution in [0.2, 0.25) is 0 Å². The standard InChI is InChI=1S/C6H12N2O2/c1-4-3-6(7,10)8(2)5(4)9/h4,10H,3,7H2,1-2H3. The molecule has 4 heteroatoms. The number of hydrogen-bond acceptors (Lipinski definition) is 3. The Kier molecular flexibility index (Phi) is 1.45. The van der Waals surface area contributed by atoms with Crippen molar-refractivity contribution in [1.29, 1.82) is 0 Å². The summed E-state index contributed by atoms with van der Waals surface area (Å²) in [7, 11) is 1.51. The summed E-state index contributed by atoms with van der Waals surface area (Å²) in [5.74, 6) is -1.67. The zero-order valence-corrected chi connectivity index (χ0v) is 6.16. The van der Waals surface area contributed by atoms with Crippen molar-refractivity contribution in [3.63, 3.8) is 0 Å².